The topological polar surface area (TPSA) is 51.2 Å². The number of hydrogen-bond acceptors (Lipinski definition) is 3. The summed E-state index contributed by atoms with van der Waals surface area (Å²) in [7, 11) is 0.00908. The number of halogens is 2. The first-order chi connectivity index (χ1) is 15.8. The molecule has 1 saturated carbocycles. The predicted molar refractivity (Wildman–Crippen MR) is 128 cm³/mol. The number of aryl methyl sites for hydroxylation is 2. The van der Waals surface area contributed by atoms with Crippen molar-refractivity contribution in [3.05, 3.63) is 60.1 Å². The van der Waals surface area contributed by atoms with Crippen molar-refractivity contribution in [1.29, 1.82) is 0 Å². The number of nitrogens with zero attached hydrogens (tertiary/aromatic N) is 2. The van der Waals surface area contributed by atoms with Gasteiger partial charge in [-0.05, 0) is 49.8 Å². The average Bonchev–Trinajstić information content (AvgIpc) is 3.34. The molecule has 2 heterocycles. The zero-order valence-corrected chi connectivity index (χ0v) is 18.9. The van der Waals surface area contributed by atoms with Crippen molar-refractivity contribution >= 4 is 23.8 Å². The van der Waals surface area contributed by atoms with Gasteiger partial charge in [0, 0.05) is 47.6 Å². The van der Waals surface area contributed by atoms with E-state index in [0.717, 1.165) is 50.1 Å². The van der Waals surface area contributed by atoms with Crippen molar-refractivity contribution in [2.24, 2.45) is 5.92 Å². The average molecular weight is 448 g/mol. The standard InChI is InChI=1S/C26H27BF2N2O2/c1-16-25(17(2)33-30-16)20-5-8-22-23(19-3-6-21(27-32)7-4-19)15-31(24(22)13-20)14-18-9-11-26(28,29)12-10-18/h3-8,13,15,18,27,32H,9-12,14H2,1-2H3. The Morgan fingerprint density at radius 2 is 1.79 bits per heavy atom. The van der Waals surface area contributed by atoms with E-state index in [2.05, 4.69) is 34.1 Å². The first-order valence-corrected chi connectivity index (χ1v) is 11.5. The van der Waals surface area contributed by atoms with Gasteiger partial charge in [-0.25, -0.2) is 8.78 Å². The van der Waals surface area contributed by atoms with Gasteiger partial charge in [0.2, 0.25) is 5.92 Å². The molecule has 0 amide bonds. The molecule has 0 spiro atoms. The first kappa shape index (κ1) is 21.9. The van der Waals surface area contributed by atoms with Crippen molar-refractivity contribution < 1.29 is 18.3 Å². The predicted octanol–water partition coefficient (Wildman–Crippen LogP) is 5.37. The second kappa shape index (κ2) is 8.45. The lowest BCUT2D eigenvalue weighted by Gasteiger charge is -2.28. The van der Waals surface area contributed by atoms with E-state index in [1.54, 1.807) is 0 Å². The highest BCUT2D eigenvalue weighted by Gasteiger charge is 2.35. The van der Waals surface area contributed by atoms with E-state index in [1.807, 2.05) is 38.1 Å². The molecule has 0 bridgehead atoms. The lowest BCUT2D eigenvalue weighted by atomic mass is 9.87. The van der Waals surface area contributed by atoms with E-state index in [-0.39, 0.29) is 26.2 Å². The number of benzene rings is 2. The van der Waals surface area contributed by atoms with Crippen LogP contribution in [-0.2, 0) is 6.54 Å². The second-order valence-corrected chi connectivity index (χ2v) is 9.28. The number of alkyl halides is 2. The van der Waals surface area contributed by atoms with Gasteiger partial charge >= 0.3 is 7.48 Å². The molecule has 1 N–H and O–H groups in total. The van der Waals surface area contributed by atoms with Crippen LogP contribution in [0.5, 0.6) is 0 Å². The summed E-state index contributed by atoms with van der Waals surface area (Å²) in [6, 6.07) is 14.3. The van der Waals surface area contributed by atoms with Crippen LogP contribution in [0.15, 0.2) is 53.2 Å². The van der Waals surface area contributed by atoms with Gasteiger partial charge in [0.1, 0.15) is 5.76 Å². The van der Waals surface area contributed by atoms with E-state index in [1.165, 1.54) is 0 Å². The van der Waals surface area contributed by atoms with Crippen LogP contribution in [0.4, 0.5) is 8.78 Å². The molecule has 0 saturated heterocycles. The quantitative estimate of drug-likeness (QED) is 0.418. The highest BCUT2D eigenvalue weighted by Crippen LogP contribution is 2.39. The summed E-state index contributed by atoms with van der Waals surface area (Å²) in [5.41, 5.74) is 6.99. The van der Waals surface area contributed by atoms with Crippen LogP contribution in [-0.4, -0.2) is 28.2 Å². The zero-order valence-electron chi connectivity index (χ0n) is 18.9. The first-order valence-electron chi connectivity index (χ1n) is 11.5. The summed E-state index contributed by atoms with van der Waals surface area (Å²) < 4.78 is 35.0. The minimum Gasteiger partial charge on any atom is -0.449 e. The van der Waals surface area contributed by atoms with E-state index in [0.29, 0.717) is 19.4 Å². The van der Waals surface area contributed by atoms with Crippen molar-refractivity contribution in [3.63, 3.8) is 0 Å². The zero-order chi connectivity index (χ0) is 23.2. The highest BCUT2D eigenvalue weighted by molar-refractivity contribution is 6.45. The Morgan fingerprint density at radius 1 is 1.09 bits per heavy atom. The number of fused-ring (bicyclic) bond motifs is 1. The maximum absolute atomic E-state index is 13.7. The van der Waals surface area contributed by atoms with Gasteiger partial charge in [-0.1, -0.05) is 47.0 Å². The third kappa shape index (κ3) is 4.22. The molecular weight excluding hydrogens is 421 g/mol. The third-order valence-electron chi connectivity index (χ3n) is 6.94. The van der Waals surface area contributed by atoms with Gasteiger partial charge in [0.15, 0.2) is 0 Å². The molecule has 4 nitrogen and oxygen atoms in total. The van der Waals surface area contributed by atoms with Crippen LogP contribution in [0.25, 0.3) is 33.2 Å². The Bertz CT molecular complexity index is 1260. The van der Waals surface area contributed by atoms with Crippen molar-refractivity contribution in [1.82, 2.24) is 9.72 Å². The van der Waals surface area contributed by atoms with Gasteiger partial charge in [-0.15, -0.1) is 0 Å². The maximum atomic E-state index is 13.7. The van der Waals surface area contributed by atoms with E-state index in [9.17, 15) is 13.8 Å². The summed E-state index contributed by atoms with van der Waals surface area (Å²) in [6.45, 7) is 4.56. The molecule has 7 heteroatoms. The summed E-state index contributed by atoms with van der Waals surface area (Å²) in [5, 5.41) is 14.6. The normalized spacial score (nSPS) is 16.4. The molecule has 5 rings (SSSR count). The lowest BCUT2D eigenvalue weighted by Crippen LogP contribution is -2.26. The van der Waals surface area contributed by atoms with Crippen LogP contribution in [0.1, 0.15) is 37.1 Å². The summed E-state index contributed by atoms with van der Waals surface area (Å²) in [4.78, 5) is 0. The van der Waals surface area contributed by atoms with Gasteiger partial charge in [-0.3, -0.25) is 0 Å². The Morgan fingerprint density at radius 3 is 2.42 bits per heavy atom. The molecule has 2 aromatic carbocycles. The molecule has 1 aliphatic carbocycles. The molecule has 0 unspecified atom stereocenters. The monoisotopic (exact) mass is 448 g/mol. The molecule has 33 heavy (non-hydrogen) atoms. The van der Waals surface area contributed by atoms with Crippen LogP contribution >= 0.6 is 0 Å². The second-order valence-electron chi connectivity index (χ2n) is 9.28. The lowest BCUT2D eigenvalue weighted by molar-refractivity contribution is -0.0472. The fourth-order valence-corrected chi connectivity index (χ4v) is 5.07. The number of aromatic nitrogens is 2. The van der Waals surface area contributed by atoms with Gasteiger partial charge in [-0.2, -0.15) is 0 Å². The van der Waals surface area contributed by atoms with E-state index in [4.69, 9.17) is 4.52 Å². The fourth-order valence-electron chi connectivity index (χ4n) is 5.07. The Hall–Kier alpha value is -2.93. The molecule has 4 aromatic rings. The molecule has 170 valence electrons. The van der Waals surface area contributed by atoms with E-state index < -0.39 is 5.92 Å². The van der Waals surface area contributed by atoms with Gasteiger partial charge in [0.05, 0.1) is 5.69 Å². The van der Waals surface area contributed by atoms with Gasteiger partial charge < -0.3 is 14.1 Å². The third-order valence-corrected chi connectivity index (χ3v) is 6.94. The maximum Gasteiger partial charge on any atom is 0.304 e. The SMILES string of the molecule is Cc1noc(C)c1-c1ccc2c(-c3ccc(BO)cc3)cn(CC3CCC(F)(F)CC3)c2c1. The minimum absolute atomic E-state index is 0.00908. The molecule has 0 atom stereocenters. The van der Waals surface area contributed by atoms with Crippen LogP contribution in [0.3, 0.4) is 0 Å². The summed E-state index contributed by atoms with van der Waals surface area (Å²) >= 11 is 0. The Labute approximate surface area is 192 Å². The summed E-state index contributed by atoms with van der Waals surface area (Å²) in [6.07, 6.45) is 3.16. The van der Waals surface area contributed by atoms with Crippen molar-refractivity contribution in [2.75, 3.05) is 0 Å². The van der Waals surface area contributed by atoms with E-state index >= 15 is 0 Å². The molecule has 2 aromatic heterocycles. The van der Waals surface area contributed by atoms with Crippen molar-refractivity contribution in [3.8, 4) is 22.3 Å². The molecule has 0 radical (unpaired) electrons. The fraction of sp³-hybridized carbons (Fsp3) is 0.346. The van der Waals surface area contributed by atoms with Crippen LogP contribution in [0.2, 0.25) is 0 Å². The number of rotatable bonds is 5. The minimum atomic E-state index is -2.52. The highest BCUT2D eigenvalue weighted by atomic mass is 19.3. The van der Waals surface area contributed by atoms with Crippen molar-refractivity contribution in [2.45, 2.75) is 52.0 Å². The summed E-state index contributed by atoms with van der Waals surface area (Å²) in [5.74, 6) is -1.52. The Balaban J connectivity index is 1.59. The molecular formula is C26H27BF2N2O2. The number of hydrogen-bond donors (Lipinski definition) is 1. The van der Waals surface area contributed by atoms with Crippen LogP contribution in [0, 0.1) is 19.8 Å². The molecule has 1 aliphatic rings. The van der Waals surface area contributed by atoms with Crippen LogP contribution < -0.4 is 5.46 Å². The smallest absolute Gasteiger partial charge is 0.304 e. The largest absolute Gasteiger partial charge is 0.449 e. The Kier molecular flexibility index (Phi) is 5.61. The molecule has 0 aliphatic heterocycles. The molecule has 1 fully saturated rings. The van der Waals surface area contributed by atoms with Gasteiger partial charge in [0.25, 0.3) is 0 Å².